The van der Waals surface area contributed by atoms with Gasteiger partial charge in [-0.1, -0.05) is 35.8 Å². The van der Waals surface area contributed by atoms with Crippen LogP contribution in [0.4, 0.5) is 4.39 Å². The maximum absolute atomic E-state index is 13.4. The van der Waals surface area contributed by atoms with E-state index in [0.29, 0.717) is 10.9 Å². The molecule has 1 aromatic carbocycles. The molecule has 0 saturated heterocycles. The molecule has 0 fully saturated rings. The zero-order chi connectivity index (χ0) is 12.4. The lowest BCUT2D eigenvalue weighted by Crippen LogP contribution is -1.94. The van der Waals surface area contributed by atoms with E-state index in [2.05, 4.69) is 15.0 Å². The van der Waals surface area contributed by atoms with E-state index in [-0.39, 0.29) is 10.7 Å². The topological polar surface area (TPSA) is 61.7 Å². The number of halogens is 2. The van der Waals surface area contributed by atoms with Crippen LogP contribution in [-0.4, -0.2) is 4.98 Å². The smallest absolute Gasteiger partial charge is 0.149 e. The van der Waals surface area contributed by atoms with Crippen molar-refractivity contribution in [3.8, 4) is 0 Å². The van der Waals surface area contributed by atoms with Crippen molar-refractivity contribution in [2.45, 2.75) is 13.0 Å². The number of rotatable bonds is 2. The van der Waals surface area contributed by atoms with E-state index in [1.54, 1.807) is 25.1 Å². The van der Waals surface area contributed by atoms with Gasteiger partial charge in [0.15, 0.2) is 0 Å². The van der Waals surface area contributed by atoms with E-state index in [0.717, 1.165) is 0 Å². The van der Waals surface area contributed by atoms with Crippen LogP contribution in [0, 0.1) is 5.82 Å². The third-order valence-electron chi connectivity index (χ3n) is 2.45. The number of para-hydroxylation sites is 1. The number of pyridine rings is 1. The number of nitrogens with zero attached hydrogens (tertiary/aromatic N) is 4. The minimum atomic E-state index is -0.437. The molecule has 0 aliphatic heterocycles. The van der Waals surface area contributed by atoms with E-state index < -0.39 is 11.9 Å². The summed E-state index contributed by atoms with van der Waals surface area (Å²) in [5, 5.41) is 4.33. The summed E-state index contributed by atoms with van der Waals surface area (Å²) in [6.07, 6.45) is 0. The van der Waals surface area contributed by atoms with Crippen molar-refractivity contribution in [1.82, 2.24) is 4.98 Å². The average molecular weight is 251 g/mol. The number of fused-ring (bicyclic) bond motifs is 1. The van der Waals surface area contributed by atoms with E-state index in [1.165, 1.54) is 6.07 Å². The highest BCUT2D eigenvalue weighted by Crippen LogP contribution is 2.28. The highest BCUT2D eigenvalue weighted by Gasteiger charge is 2.12. The minimum Gasteiger partial charge on any atom is -0.233 e. The number of hydrogen-bond acceptors (Lipinski definition) is 2. The molecule has 0 bridgehead atoms. The van der Waals surface area contributed by atoms with Crippen molar-refractivity contribution in [2.24, 2.45) is 5.11 Å². The van der Waals surface area contributed by atoms with Crippen molar-refractivity contribution >= 4 is 22.5 Å². The van der Waals surface area contributed by atoms with Crippen molar-refractivity contribution in [1.29, 1.82) is 0 Å². The second-order valence-corrected chi connectivity index (χ2v) is 3.92. The molecule has 0 radical (unpaired) electrons. The predicted octanol–water partition coefficient (Wildman–Crippen LogP) is 4.40. The lowest BCUT2D eigenvalue weighted by molar-refractivity contribution is 0.636. The number of aromatic nitrogens is 1. The molecule has 2 aromatic rings. The van der Waals surface area contributed by atoms with Gasteiger partial charge in [-0.3, -0.25) is 0 Å². The van der Waals surface area contributed by atoms with Gasteiger partial charge in [-0.05, 0) is 23.2 Å². The predicted molar refractivity (Wildman–Crippen MR) is 64.3 cm³/mol. The van der Waals surface area contributed by atoms with Gasteiger partial charge < -0.3 is 0 Å². The summed E-state index contributed by atoms with van der Waals surface area (Å²) >= 11 is 5.94. The zero-order valence-corrected chi connectivity index (χ0v) is 9.69. The molecule has 4 nitrogen and oxygen atoms in total. The van der Waals surface area contributed by atoms with Crippen molar-refractivity contribution in [3.63, 3.8) is 0 Å². The monoisotopic (exact) mass is 250 g/mol. The van der Waals surface area contributed by atoms with Gasteiger partial charge in [0.05, 0.1) is 6.04 Å². The third kappa shape index (κ3) is 2.16. The fourth-order valence-electron chi connectivity index (χ4n) is 1.59. The summed E-state index contributed by atoms with van der Waals surface area (Å²) in [4.78, 5) is 6.70. The third-order valence-corrected chi connectivity index (χ3v) is 2.75. The molecule has 86 valence electrons. The minimum absolute atomic E-state index is 0.155. The lowest BCUT2D eigenvalue weighted by atomic mass is 10.1. The van der Waals surface area contributed by atoms with Crippen molar-refractivity contribution in [3.05, 3.63) is 51.2 Å². The Kier molecular flexibility index (Phi) is 3.13. The van der Waals surface area contributed by atoms with Gasteiger partial charge in [0.1, 0.15) is 16.5 Å². The van der Waals surface area contributed by atoms with Crippen LogP contribution in [-0.2, 0) is 0 Å². The highest BCUT2D eigenvalue weighted by molar-refractivity contribution is 6.30. The van der Waals surface area contributed by atoms with Crippen LogP contribution in [0.3, 0.4) is 0 Å². The van der Waals surface area contributed by atoms with Crippen LogP contribution >= 0.6 is 11.6 Å². The van der Waals surface area contributed by atoms with Gasteiger partial charge in [-0.15, -0.1) is 0 Å². The Morgan fingerprint density at radius 3 is 3.00 bits per heavy atom. The van der Waals surface area contributed by atoms with Gasteiger partial charge in [0.2, 0.25) is 0 Å². The standard InChI is InChI=1S/C11H8ClFN4/c1-6(16-17-14)8-5-7-3-2-4-9(13)10(7)15-11(8)12/h2-6H,1H3. The van der Waals surface area contributed by atoms with Crippen LogP contribution in [0.2, 0.25) is 5.15 Å². The maximum Gasteiger partial charge on any atom is 0.149 e. The second kappa shape index (κ2) is 4.57. The number of benzene rings is 1. The molecule has 1 unspecified atom stereocenters. The number of hydrogen-bond donors (Lipinski definition) is 0. The molecule has 0 amide bonds. The van der Waals surface area contributed by atoms with Crippen LogP contribution in [0.5, 0.6) is 0 Å². The molecule has 1 atom stereocenters. The molecule has 1 heterocycles. The maximum atomic E-state index is 13.4. The SMILES string of the molecule is CC(N=[N+]=[N-])c1cc2cccc(F)c2nc1Cl. The highest BCUT2D eigenvalue weighted by atomic mass is 35.5. The lowest BCUT2D eigenvalue weighted by Gasteiger charge is -2.09. The van der Waals surface area contributed by atoms with Gasteiger partial charge in [0.25, 0.3) is 0 Å². The van der Waals surface area contributed by atoms with E-state index in [9.17, 15) is 4.39 Å². The Balaban J connectivity index is 2.67. The quantitative estimate of drug-likeness (QED) is 0.337. The molecule has 17 heavy (non-hydrogen) atoms. The Hall–Kier alpha value is -1.84. The Morgan fingerprint density at radius 2 is 2.29 bits per heavy atom. The summed E-state index contributed by atoms with van der Waals surface area (Å²) in [6, 6.07) is 5.89. The summed E-state index contributed by atoms with van der Waals surface area (Å²) < 4.78 is 13.4. The Morgan fingerprint density at radius 1 is 1.53 bits per heavy atom. The zero-order valence-electron chi connectivity index (χ0n) is 8.93. The van der Waals surface area contributed by atoms with Crippen LogP contribution in [0.15, 0.2) is 29.4 Å². The fraction of sp³-hybridized carbons (Fsp3) is 0.182. The molecule has 6 heteroatoms. The molecule has 1 aromatic heterocycles. The largest absolute Gasteiger partial charge is 0.233 e. The van der Waals surface area contributed by atoms with Crippen LogP contribution in [0.1, 0.15) is 18.5 Å². The van der Waals surface area contributed by atoms with Gasteiger partial charge in [-0.25, -0.2) is 9.37 Å². The molecular weight excluding hydrogens is 243 g/mol. The average Bonchev–Trinajstić information content (AvgIpc) is 2.30. The van der Waals surface area contributed by atoms with Gasteiger partial charge in [0, 0.05) is 10.3 Å². The molecule has 0 saturated carbocycles. The second-order valence-electron chi connectivity index (χ2n) is 3.56. The van der Waals surface area contributed by atoms with Gasteiger partial charge in [-0.2, -0.15) is 0 Å². The summed E-state index contributed by atoms with van der Waals surface area (Å²) in [5.74, 6) is -0.424. The van der Waals surface area contributed by atoms with E-state index in [1.807, 2.05) is 0 Å². The number of azide groups is 1. The molecule has 0 aliphatic rings. The van der Waals surface area contributed by atoms with E-state index >= 15 is 0 Å². The van der Waals surface area contributed by atoms with Crippen LogP contribution in [0.25, 0.3) is 21.3 Å². The molecule has 0 spiro atoms. The normalized spacial score (nSPS) is 12.2. The van der Waals surface area contributed by atoms with E-state index in [4.69, 9.17) is 17.1 Å². The summed E-state index contributed by atoms with van der Waals surface area (Å²) in [5.41, 5.74) is 9.18. The Labute approximate surface area is 102 Å². The first-order chi connectivity index (χ1) is 8.13. The summed E-state index contributed by atoms with van der Waals surface area (Å²) in [6.45, 7) is 1.70. The van der Waals surface area contributed by atoms with Crippen LogP contribution < -0.4 is 0 Å². The fourth-order valence-corrected chi connectivity index (χ4v) is 1.89. The molecule has 2 rings (SSSR count). The molecule has 0 N–H and O–H groups in total. The molecular formula is C11H8ClFN4. The van der Waals surface area contributed by atoms with Crippen molar-refractivity contribution < 1.29 is 4.39 Å². The van der Waals surface area contributed by atoms with Gasteiger partial charge >= 0.3 is 0 Å². The first-order valence-corrected chi connectivity index (χ1v) is 5.30. The molecule has 0 aliphatic carbocycles. The first-order valence-electron chi connectivity index (χ1n) is 4.92. The Bertz CT molecular complexity index is 622. The van der Waals surface area contributed by atoms with Crippen molar-refractivity contribution in [2.75, 3.05) is 0 Å². The first kappa shape index (κ1) is 11.6. The summed E-state index contributed by atoms with van der Waals surface area (Å²) in [7, 11) is 0.